The van der Waals surface area contributed by atoms with Crippen molar-refractivity contribution in [2.24, 2.45) is 34.5 Å². The van der Waals surface area contributed by atoms with Gasteiger partial charge in [-0.05, 0) is 74.5 Å². The van der Waals surface area contributed by atoms with Crippen LogP contribution in [-0.2, 0) is 14.3 Å². The molecule has 10 rings (SSSR count). The van der Waals surface area contributed by atoms with Crippen LogP contribution < -0.4 is 0 Å². The molecule has 9 aliphatic rings. The van der Waals surface area contributed by atoms with Crippen LogP contribution in [0.5, 0.6) is 0 Å². The Hall–Kier alpha value is -1.73. The SMILES string of the molecule is CCN1C2[C@@]34C5CC[C@](C)(C3C[C@]2(O)[C@@]2(O)CC[C@H]3CC4C2[C@H]3OC(=O)/C=C\c2ccccc2)[C@@H]1O5. The Balaban J connectivity index is 1.21. The monoisotopic (exact) mass is 491 g/mol. The highest BCUT2D eigenvalue weighted by Crippen LogP contribution is 2.83. The first-order chi connectivity index (χ1) is 17.3. The van der Waals surface area contributed by atoms with Gasteiger partial charge in [-0.25, -0.2) is 4.79 Å². The number of hydrogen-bond donors (Lipinski definition) is 2. The van der Waals surface area contributed by atoms with Crippen molar-refractivity contribution in [2.45, 2.75) is 88.1 Å². The van der Waals surface area contributed by atoms with Crippen LogP contribution in [0.25, 0.3) is 6.08 Å². The molecule has 5 unspecified atom stereocenters. The first-order valence-electron chi connectivity index (χ1n) is 14.1. The minimum Gasteiger partial charge on any atom is -0.458 e. The minimum atomic E-state index is -1.24. The van der Waals surface area contributed by atoms with E-state index in [1.165, 1.54) is 6.08 Å². The second-order valence-electron chi connectivity index (χ2n) is 13.2. The first-order valence-corrected chi connectivity index (χ1v) is 14.1. The third-order valence-electron chi connectivity index (χ3n) is 12.3. The van der Waals surface area contributed by atoms with Crippen LogP contribution >= 0.6 is 0 Å². The van der Waals surface area contributed by atoms with E-state index in [0.29, 0.717) is 18.8 Å². The van der Waals surface area contributed by atoms with Crippen molar-refractivity contribution >= 4 is 12.0 Å². The number of fused-ring (bicyclic) bond motifs is 3. The number of hydrogen-bond acceptors (Lipinski definition) is 6. The highest BCUT2D eigenvalue weighted by Gasteiger charge is 2.90. The van der Waals surface area contributed by atoms with Crippen LogP contribution in [0.15, 0.2) is 36.4 Å². The van der Waals surface area contributed by atoms with Crippen LogP contribution in [0, 0.1) is 34.5 Å². The fourth-order valence-corrected chi connectivity index (χ4v) is 11.4. The molecule has 4 heterocycles. The second kappa shape index (κ2) is 6.82. The lowest BCUT2D eigenvalue weighted by atomic mass is 9.41. The summed E-state index contributed by atoms with van der Waals surface area (Å²) in [4.78, 5) is 15.4. The molecule has 6 nitrogen and oxygen atoms in total. The van der Waals surface area contributed by atoms with Crippen molar-refractivity contribution in [1.82, 2.24) is 4.90 Å². The highest BCUT2D eigenvalue weighted by atomic mass is 16.5. The molecule has 12 atom stereocenters. The number of carbonyl (C=O) groups is 1. The molecule has 4 saturated heterocycles. The molecule has 1 aromatic carbocycles. The second-order valence-corrected chi connectivity index (χ2v) is 13.2. The van der Waals surface area contributed by atoms with Gasteiger partial charge in [0.1, 0.15) is 23.5 Å². The summed E-state index contributed by atoms with van der Waals surface area (Å²) in [5.41, 5.74) is -1.67. The standard InChI is InChI=1S/C30H37NO5/c1-3-31-25-29(34)16-20-27(2)13-12-21(35-26(27)31)30(20,25)19-15-18-11-14-28(29,33)23(19)24(18)36-22(32)10-9-17-7-5-4-6-8-17/h4-10,18-21,23-26,33-34H,3,11-16H2,1-2H3/b10-9-/t18-,19?,20?,21?,23?,24-,25?,26-,27+,28+,29+,30+/m0/s1. The zero-order chi connectivity index (χ0) is 24.7. The van der Waals surface area contributed by atoms with Gasteiger partial charge in [0.05, 0.1) is 12.1 Å². The van der Waals surface area contributed by atoms with E-state index in [4.69, 9.17) is 9.47 Å². The van der Waals surface area contributed by atoms with Gasteiger partial charge in [0.2, 0.25) is 0 Å². The fraction of sp³-hybridized carbons (Fsp3) is 0.700. The maximum atomic E-state index is 13.0. The quantitative estimate of drug-likeness (QED) is 0.497. The molecular weight excluding hydrogens is 454 g/mol. The molecule has 0 radical (unpaired) electrons. The summed E-state index contributed by atoms with van der Waals surface area (Å²) in [5.74, 6) is 0.173. The van der Waals surface area contributed by atoms with Crippen molar-refractivity contribution in [3.63, 3.8) is 0 Å². The Bertz CT molecular complexity index is 1160. The van der Waals surface area contributed by atoms with Crippen LogP contribution in [0.2, 0.25) is 0 Å². The van der Waals surface area contributed by atoms with Crippen molar-refractivity contribution < 1.29 is 24.5 Å². The van der Waals surface area contributed by atoms with Crippen molar-refractivity contribution in [3.8, 4) is 0 Å². The molecule has 5 aliphatic carbocycles. The predicted molar refractivity (Wildman–Crippen MR) is 132 cm³/mol. The topological polar surface area (TPSA) is 79.2 Å². The van der Waals surface area contributed by atoms with Gasteiger partial charge >= 0.3 is 5.97 Å². The van der Waals surface area contributed by atoms with E-state index in [0.717, 1.165) is 37.8 Å². The number of piperidine rings is 1. The molecule has 2 N–H and O–H groups in total. The zero-order valence-corrected chi connectivity index (χ0v) is 21.2. The lowest BCUT2D eigenvalue weighted by Crippen LogP contribution is -2.85. The molecule has 0 amide bonds. The number of carbonyl (C=O) groups excluding carboxylic acids is 1. The van der Waals surface area contributed by atoms with Crippen LogP contribution in [0.4, 0.5) is 0 Å². The number of ether oxygens (including phenoxy) is 2. The summed E-state index contributed by atoms with van der Waals surface area (Å²) in [6.07, 6.45) is 8.22. The average molecular weight is 492 g/mol. The number of aliphatic hydroxyl groups is 2. The maximum Gasteiger partial charge on any atom is 0.331 e. The third kappa shape index (κ3) is 2.22. The molecule has 6 heteroatoms. The fourth-order valence-electron chi connectivity index (χ4n) is 11.4. The summed E-state index contributed by atoms with van der Waals surface area (Å²) >= 11 is 0. The molecule has 192 valence electrons. The van der Waals surface area contributed by atoms with Gasteiger partial charge < -0.3 is 19.7 Å². The maximum absolute atomic E-state index is 13.0. The van der Waals surface area contributed by atoms with E-state index in [2.05, 4.69) is 18.7 Å². The lowest BCUT2D eigenvalue weighted by molar-refractivity contribution is -0.403. The van der Waals surface area contributed by atoms with Gasteiger partial charge in [-0.2, -0.15) is 0 Å². The molecule has 0 aromatic heterocycles. The van der Waals surface area contributed by atoms with Gasteiger partial charge in [-0.1, -0.05) is 44.2 Å². The number of rotatable bonds is 4. The zero-order valence-electron chi connectivity index (χ0n) is 21.2. The average Bonchev–Trinajstić information content (AvgIpc) is 3.29. The van der Waals surface area contributed by atoms with E-state index in [1.807, 2.05) is 30.3 Å². The molecule has 1 aromatic rings. The molecule has 1 spiro atoms. The van der Waals surface area contributed by atoms with E-state index < -0.39 is 11.2 Å². The minimum absolute atomic E-state index is 0.0105. The summed E-state index contributed by atoms with van der Waals surface area (Å²) in [6, 6.07) is 9.68. The highest BCUT2D eigenvalue weighted by molar-refractivity contribution is 5.87. The smallest absolute Gasteiger partial charge is 0.331 e. The Morgan fingerprint density at radius 1 is 1.19 bits per heavy atom. The van der Waals surface area contributed by atoms with Gasteiger partial charge in [0.15, 0.2) is 0 Å². The van der Waals surface area contributed by atoms with Gasteiger partial charge in [-0.3, -0.25) is 4.90 Å². The number of benzene rings is 1. The van der Waals surface area contributed by atoms with E-state index in [1.54, 1.807) is 6.08 Å². The first kappa shape index (κ1) is 22.3. The van der Waals surface area contributed by atoms with Crippen LogP contribution in [0.1, 0.15) is 57.9 Å². The van der Waals surface area contributed by atoms with Crippen molar-refractivity contribution in [2.75, 3.05) is 6.54 Å². The number of likely N-dealkylation sites (N-methyl/N-ethyl adjacent to an activating group) is 1. The summed E-state index contributed by atoms with van der Waals surface area (Å²) in [7, 11) is 0. The van der Waals surface area contributed by atoms with Crippen molar-refractivity contribution in [3.05, 3.63) is 42.0 Å². The predicted octanol–water partition coefficient (Wildman–Crippen LogP) is 3.37. The van der Waals surface area contributed by atoms with Gasteiger partial charge in [0.25, 0.3) is 0 Å². The van der Waals surface area contributed by atoms with Crippen molar-refractivity contribution in [1.29, 1.82) is 0 Å². The van der Waals surface area contributed by atoms with E-state index in [-0.39, 0.29) is 59.0 Å². The Labute approximate surface area is 212 Å². The number of nitrogens with zero attached hydrogens (tertiary/aromatic N) is 1. The molecule has 36 heavy (non-hydrogen) atoms. The lowest BCUT2D eigenvalue weighted by Gasteiger charge is -2.76. The van der Waals surface area contributed by atoms with Crippen LogP contribution in [0.3, 0.4) is 0 Å². The molecule has 4 aliphatic heterocycles. The van der Waals surface area contributed by atoms with Gasteiger partial charge in [-0.15, -0.1) is 0 Å². The Morgan fingerprint density at radius 2 is 2.00 bits per heavy atom. The van der Waals surface area contributed by atoms with Gasteiger partial charge in [0, 0.05) is 22.8 Å². The Kier molecular flexibility index (Phi) is 4.22. The summed E-state index contributed by atoms with van der Waals surface area (Å²) in [6.45, 7) is 5.36. The van der Waals surface area contributed by atoms with E-state index in [9.17, 15) is 15.0 Å². The normalized spacial score (nSPS) is 55.4. The van der Waals surface area contributed by atoms with E-state index >= 15 is 0 Å². The third-order valence-corrected chi connectivity index (χ3v) is 12.3. The molecular formula is C30H37NO5. The summed E-state index contributed by atoms with van der Waals surface area (Å²) in [5, 5.41) is 25.2. The number of esters is 1. The van der Waals surface area contributed by atoms with Crippen LogP contribution in [-0.4, -0.2) is 63.3 Å². The molecule has 9 fully saturated rings. The largest absolute Gasteiger partial charge is 0.458 e. The Morgan fingerprint density at radius 3 is 2.78 bits per heavy atom. The summed E-state index contributed by atoms with van der Waals surface area (Å²) < 4.78 is 13.0. The molecule has 5 saturated carbocycles. The molecule has 9 bridgehead atoms.